The lowest BCUT2D eigenvalue weighted by atomic mass is 9.94. The fraction of sp³-hybridized carbons (Fsp3) is 0.625. The van der Waals surface area contributed by atoms with Crippen LogP contribution in [-0.4, -0.2) is 19.2 Å². The van der Waals surface area contributed by atoms with E-state index in [0.29, 0.717) is 6.04 Å². The second kappa shape index (κ2) is 6.24. The quantitative estimate of drug-likeness (QED) is 0.830. The van der Waals surface area contributed by atoms with Crippen molar-refractivity contribution in [1.29, 1.82) is 0 Å². The van der Waals surface area contributed by atoms with E-state index in [0.717, 1.165) is 18.9 Å². The molecule has 102 valence electrons. The van der Waals surface area contributed by atoms with Crippen molar-refractivity contribution in [2.75, 3.05) is 13.2 Å². The van der Waals surface area contributed by atoms with Crippen molar-refractivity contribution in [3.8, 4) is 5.75 Å². The number of rotatable bonds is 6. The summed E-state index contributed by atoms with van der Waals surface area (Å²) in [7, 11) is 0. The summed E-state index contributed by atoms with van der Waals surface area (Å²) in [6.45, 7) is 14.7. The Labute approximate surface area is 112 Å². The molecule has 0 unspecified atom stereocenters. The van der Waals surface area contributed by atoms with Crippen LogP contribution in [0.2, 0.25) is 0 Å². The molecule has 1 rings (SSSR count). The Bertz CT molecular complexity index is 383. The number of hydrogen-bond acceptors (Lipinski definition) is 2. The lowest BCUT2D eigenvalue weighted by Gasteiger charge is -2.26. The van der Waals surface area contributed by atoms with Crippen LogP contribution in [0, 0.1) is 19.3 Å². The summed E-state index contributed by atoms with van der Waals surface area (Å²) in [4.78, 5) is 0. The van der Waals surface area contributed by atoms with Crippen molar-refractivity contribution in [1.82, 2.24) is 5.32 Å². The second-order valence-corrected chi connectivity index (χ2v) is 6.26. The Morgan fingerprint density at radius 2 is 1.89 bits per heavy atom. The minimum atomic E-state index is 0.140. The zero-order valence-corrected chi connectivity index (χ0v) is 12.6. The van der Waals surface area contributed by atoms with E-state index < -0.39 is 0 Å². The van der Waals surface area contributed by atoms with Gasteiger partial charge in [-0.05, 0) is 25.5 Å². The molecular formula is C16H27NO. The molecule has 1 aromatic carbocycles. The maximum atomic E-state index is 5.95. The number of benzene rings is 1. The van der Waals surface area contributed by atoms with Gasteiger partial charge in [0, 0.05) is 18.0 Å². The predicted molar refractivity (Wildman–Crippen MR) is 78.3 cm³/mol. The number of hydrogen-bond donors (Lipinski definition) is 1. The molecule has 0 amide bonds. The summed E-state index contributed by atoms with van der Waals surface area (Å²) in [5.41, 5.74) is 2.63. The lowest BCUT2D eigenvalue weighted by Crippen LogP contribution is -2.37. The molecule has 2 nitrogen and oxygen atoms in total. The van der Waals surface area contributed by atoms with Crippen LogP contribution in [0.4, 0.5) is 0 Å². The first-order valence-electron chi connectivity index (χ1n) is 6.73. The molecule has 0 saturated heterocycles. The Kier molecular flexibility index (Phi) is 5.21. The van der Waals surface area contributed by atoms with Crippen molar-refractivity contribution in [3.05, 3.63) is 29.3 Å². The zero-order valence-electron chi connectivity index (χ0n) is 12.6. The summed E-state index contributed by atoms with van der Waals surface area (Å²) in [5.74, 6) is 0.998. The summed E-state index contributed by atoms with van der Waals surface area (Å²) < 4.78 is 5.95. The van der Waals surface area contributed by atoms with Crippen LogP contribution >= 0.6 is 0 Å². The average Bonchev–Trinajstić information content (AvgIpc) is 2.25. The Morgan fingerprint density at radius 3 is 2.44 bits per heavy atom. The van der Waals surface area contributed by atoms with E-state index in [9.17, 15) is 0 Å². The number of nitrogens with one attached hydrogen (secondary N) is 1. The van der Waals surface area contributed by atoms with Crippen molar-refractivity contribution in [3.63, 3.8) is 0 Å². The van der Waals surface area contributed by atoms with Crippen LogP contribution < -0.4 is 10.1 Å². The van der Waals surface area contributed by atoms with Gasteiger partial charge >= 0.3 is 0 Å². The summed E-state index contributed by atoms with van der Waals surface area (Å²) in [5, 5.41) is 3.47. The topological polar surface area (TPSA) is 21.3 Å². The van der Waals surface area contributed by atoms with Gasteiger partial charge in [0.05, 0.1) is 6.61 Å². The first kappa shape index (κ1) is 15.0. The summed E-state index contributed by atoms with van der Waals surface area (Å²) >= 11 is 0. The van der Waals surface area contributed by atoms with E-state index in [4.69, 9.17) is 4.74 Å². The molecule has 0 heterocycles. The standard InChI is InChI=1S/C16H27NO/c1-12(2)17-10-16(5,6)11-18-15-8-7-13(3)9-14(15)4/h7-9,12,17H,10-11H2,1-6H3. The molecule has 0 fully saturated rings. The molecule has 0 saturated carbocycles. The maximum Gasteiger partial charge on any atom is 0.122 e. The largest absolute Gasteiger partial charge is 0.493 e. The zero-order chi connectivity index (χ0) is 13.8. The summed E-state index contributed by atoms with van der Waals surface area (Å²) in [6.07, 6.45) is 0. The van der Waals surface area contributed by atoms with Crippen molar-refractivity contribution in [2.24, 2.45) is 5.41 Å². The van der Waals surface area contributed by atoms with E-state index >= 15 is 0 Å². The Balaban J connectivity index is 2.53. The molecule has 0 aliphatic rings. The average molecular weight is 249 g/mol. The second-order valence-electron chi connectivity index (χ2n) is 6.26. The van der Waals surface area contributed by atoms with Gasteiger partial charge in [0.15, 0.2) is 0 Å². The predicted octanol–water partition coefficient (Wildman–Crippen LogP) is 3.71. The van der Waals surface area contributed by atoms with Gasteiger partial charge in [0.1, 0.15) is 5.75 Å². The van der Waals surface area contributed by atoms with Crippen LogP contribution in [0.1, 0.15) is 38.8 Å². The third-order valence-electron chi connectivity index (χ3n) is 2.94. The molecule has 0 atom stereocenters. The molecule has 18 heavy (non-hydrogen) atoms. The van der Waals surface area contributed by atoms with Gasteiger partial charge in [0.25, 0.3) is 0 Å². The molecule has 0 bridgehead atoms. The van der Waals surface area contributed by atoms with Crippen LogP contribution in [-0.2, 0) is 0 Å². The first-order valence-corrected chi connectivity index (χ1v) is 6.73. The SMILES string of the molecule is Cc1ccc(OCC(C)(C)CNC(C)C)c(C)c1. The van der Waals surface area contributed by atoms with Gasteiger partial charge in [0.2, 0.25) is 0 Å². The van der Waals surface area contributed by atoms with E-state index in [2.05, 4.69) is 65.1 Å². The molecular weight excluding hydrogens is 222 g/mol. The number of aryl methyl sites for hydroxylation is 2. The normalized spacial score (nSPS) is 11.9. The molecule has 0 aliphatic carbocycles. The smallest absolute Gasteiger partial charge is 0.122 e. The highest BCUT2D eigenvalue weighted by Gasteiger charge is 2.19. The third-order valence-corrected chi connectivity index (χ3v) is 2.94. The first-order chi connectivity index (χ1) is 8.30. The highest BCUT2D eigenvalue weighted by molar-refractivity contribution is 5.35. The van der Waals surface area contributed by atoms with Crippen molar-refractivity contribution >= 4 is 0 Å². The molecule has 2 heteroatoms. The molecule has 0 aromatic heterocycles. The minimum absolute atomic E-state index is 0.140. The fourth-order valence-electron chi connectivity index (χ4n) is 1.77. The third kappa shape index (κ3) is 5.09. The molecule has 0 radical (unpaired) electrons. The van der Waals surface area contributed by atoms with E-state index in [1.165, 1.54) is 11.1 Å². The van der Waals surface area contributed by atoms with Crippen LogP contribution in [0.5, 0.6) is 5.75 Å². The molecule has 1 aromatic rings. The van der Waals surface area contributed by atoms with Gasteiger partial charge in [-0.2, -0.15) is 0 Å². The molecule has 0 aliphatic heterocycles. The minimum Gasteiger partial charge on any atom is -0.493 e. The Morgan fingerprint density at radius 1 is 1.22 bits per heavy atom. The fourth-order valence-corrected chi connectivity index (χ4v) is 1.77. The van der Waals surface area contributed by atoms with Crippen LogP contribution in [0.25, 0.3) is 0 Å². The highest BCUT2D eigenvalue weighted by Crippen LogP contribution is 2.22. The van der Waals surface area contributed by atoms with Gasteiger partial charge in [-0.25, -0.2) is 0 Å². The Hall–Kier alpha value is -1.02. The summed E-state index contributed by atoms with van der Waals surface area (Å²) in [6, 6.07) is 6.85. The monoisotopic (exact) mass is 249 g/mol. The van der Waals surface area contributed by atoms with E-state index in [1.807, 2.05) is 0 Å². The van der Waals surface area contributed by atoms with Crippen molar-refractivity contribution < 1.29 is 4.74 Å². The van der Waals surface area contributed by atoms with E-state index in [1.54, 1.807) is 0 Å². The van der Waals surface area contributed by atoms with E-state index in [-0.39, 0.29) is 5.41 Å². The number of ether oxygens (including phenoxy) is 1. The van der Waals surface area contributed by atoms with Gasteiger partial charge in [-0.1, -0.05) is 45.4 Å². The highest BCUT2D eigenvalue weighted by atomic mass is 16.5. The maximum absolute atomic E-state index is 5.95. The molecule has 1 N–H and O–H groups in total. The lowest BCUT2D eigenvalue weighted by molar-refractivity contribution is 0.172. The van der Waals surface area contributed by atoms with Crippen LogP contribution in [0.3, 0.4) is 0 Å². The van der Waals surface area contributed by atoms with Gasteiger partial charge in [-0.15, -0.1) is 0 Å². The molecule has 0 spiro atoms. The van der Waals surface area contributed by atoms with Crippen molar-refractivity contribution in [2.45, 2.75) is 47.6 Å². The van der Waals surface area contributed by atoms with Gasteiger partial charge < -0.3 is 10.1 Å². The van der Waals surface area contributed by atoms with Crippen LogP contribution in [0.15, 0.2) is 18.2 Å². The van der Waals surface area contributed by atoms with Gasteiger partial charge in [-0.3, -0.25) is 0 Å².